The van der Waals surface area contributed by atoms with E-state index in [9.17, 15) is 0 Å². The molecule has 0 aliphatic heterocycles. The normalized spacial score (nSPS) is 25.3. The molecule has 1 aliphatic carbocycles. The Bertz CT molecular complexity index is 46.1. The van der Waals surface area contributed by atoms with E-state index in [1.807, 2.05) is 0 Å². The van der Waals surface area contributed by atoms with Crippen molar-refractivity contribution in [3.05, 3.63) is 4.82 Å². The number of hydrogen-bond donors (Lipinski definition) is 0. The molecule has 1 rings (SSSR count). The molecule has 0 spiro atoms. The molecule has 1 heteroatoms. The van der Waals surface area contributed by atoms with Crippen molar-refractivity contribution in [1.29, 1.82) is 0 Å². The molecule has 7 heavy (non-hydrogen) atoms. The van der Waals surface area contributed by atoms with Gasteiger partial charge in [-0.2, -0.15) is 0 Å². The Morgan fingerprint density at radius 3 is 1.86 bits per heavy atom. The summed E-state index contributed by atoms with van der Waals surface area (Å²) >= 11 is 2.69. The van der Waals surface area contributed by atoms with E-state index in [1.165, 1.54) is 32.1 Å². The first-order valence-electron chi connectivity index (χ1n) is 2.93. The summed E-state index contributed by atoms with van der Waals surface area (Å²) in [5.74, 6) is 0. The zero-order valence-corrected chi connectivity index (χ0v) is 6.36. The SMILES string of the molecule is [SeH][C]1CCCCC1. The van der Waals surface area contributed by atoms with Gasteiger partial charge in [-0.15, -0.1) is 0 Å². The summed E-state index contributed by atoms with van der Waals surface area (Å²) in [4.78, 5) is 1.65. The van der Waals surface area contributed by atoms with E-state index >= 15 is 0 Å². The summed E-state index contributed by atoms with van der Waals surface area (Å²) in [5.41, 5.74) is 0. The minimum absolute atomic E-state index is 1.38. The average Bonchev–Trinajstić information content (AvgIpc) is 1.69. The van der Waals surface area contributed by atoms with Gasteiger partial charge in [0.05, 0.1) is 0 Å². The zero-order valence-electron chi connectivity index (χ0n) is 4.48. The van der Waals surface area contributed by atoms with E-state index in [1.54, 1.807) is 4.82 Å². The molecule has 0 aromatic rings. The predicted molar refractivity (Wildman–Crippen MR) is 33.5 cm³/mol. The van der Waals surface area contributed by atoms with Gasteiger partial charge in [0.25, 0.3) is 0 Å². The van der Waals surface area contributed by atoms with Gasteiger partial charge in [0.1, 0.15) is 0 Å². The molecule has 0 saturated heterocycles. The maximum atomic E-state index is 2.69. The number of hydrogen-bond acceptors (Lipinski definition) is 0. The van der Waals surface area contributed by atoms with E-state index in [2.05, 4.69) is 16.0 Å². The third-order valence-corrected chi connectivity index (χ3v) is 2.37. The third-order valence-electron chi connectivity index (χ3n) is 1.43. The molecule has 0 N–H and O–H groups in total. The Kier molecular flexibility index (Phi) is 2.21. The fourth-order valence-corrected chi connectivity index (χ4v) is 1.62. The first kappa shape index (κ1) is 5.65. The molecule has 1 radical (unpaired) electrons. The van der Waals surface area contributed by atoms with Crippen molar-refractivity contribution in [2.75, 3.05) is 0 Å². The molecule has 0 atom stereocenters. The van der Waals surface area contributed by atoms with Crippen LogP contribution in [0.4, 0.5) is 0 Å². The van der Waals surface area contributed by atoms with Crippen molar-refractivity contribution in [2.24, 2.45) is 0 Å². The summed E-state index contributed by atoms with van der Waals surface area (Å²) < 4.78 is 0. The Labute approximate surface area is 53.5 Å². The Hall–Kier alpha value is 0.519. The molecular formula is C6H11Se. The van der Waals surface area contributed by atoms with Crippen molar-refractivity contribution in [3.63, 3.8) is 0 Å². The van der Waals surface area contributed by atoms with Gasteiger partial charge in [-0.25, -0.2) is 0 Å². The quantitative estimate of drug-likeness (QED) is 0.472. The van der Waals surface area contributed by atoms with Crippen LogP contribution in [0.3, 0.4) is 0 Å². The molecule has 0 amide bonds. The third kappa shape index (κ3) is 1.83. The van der Waals surface area contributed by atoms with Gasteiger partial charge in [-0.05, 0) is 0 Å². The van der Waals surface area contributed by atoms with Gasteiger partial charge in [0, 0.05) is 0 Å². The number of rotatable bonds is 0. The summed E-state index contributed by atoms with van der Waals surface area (Å²) in [5, 5.41) is 0. The second kappa shape index (κ2) is 2.74. The van der Waals surface area contributed by atoms with Crippen molar-refractivity contribution in [2.45, 2.75) is 32.1 Å². The second-order valence-electron chi connectivity index (χ2n) is 2.13. The van der Waals surface area contributed by atoms with E-state index in [0.29, 0.717) is 0 Å². The molecule has 0 aromatic heterocycles. The van der Waals surface area contributed by atoms with Crippen LogP contribution < -0.4 is 0 Å². The molecule has 0 unspecified atom stereocenters. The predicted octanol–water partition coefficient (Wildman–Crippen LogP) is 1.38. The minimum atomic E-state index is 1.38. The van der Waals surface area contributed by atoms with Crippen LogP contribution in [0.1, 0.15) is 32.1 Å². The Morgan fingerprint density at radius 1 is 1.00 bits per heavy atom. The molecule has 1 saturated carbocycles. The van der Waals surface area contributed by atoms with Crippen molar-refractivity contribution >= 4 is 16.0 Å². The van der Waals surface area contributed by atoms with Gasteiger partial charge < -0.3 is 0 Å². The van der Waals surface area contributed by atoms with Crippen LogP contribution in [0.5, 0.6) is 0 Å². The van der Waals surface area contributed by atoms with Gasteiger partial charge >= 0.3 is 52.9 Å². The molecule has 1 aliphatic rings. The molecule has 0 bridgehead atoms. The van der Waals surface area contributed by atoms with E-state index in [-0.39, 0.29) is 0 Å². The van der Waals surface area contributed by atoms with Crippen molar-refractivity contribution in [3.8, 4) is 0 Å². The second-order valence-corrected chi connectivity index (χ2v) is 3.45. The van der Waals surface area contributed by atoms with Crippen LogP contribution in [0.2, 0.25) is 0 Å². The van der Waals surface area contributed by atoms with E-state index < -0.39 is 0 Å². The first-order chi connectivity index (χ1) is 3.39. The van der Waals surface area contributed by atoms with Crippen molar-refractivity contribution < 1.29 is 0 Å². The van der Waals surface area contributed by atoms with Crippen LogP contribution in [0.15, 0.2) is 0 Å². The monoisotopic (exact) mass is 163 g/mol. The summed E-state index contributed by atoms with van der Waals surface area (Å²) in [6.45, 7) is 0. The van der Waals surface area contributed by atoms with Crippen LogP contribution >= 0.6 is 0 Å². The standard InChI is InChI=1S/C6H11Se/c7-6-4-2-1-3-5-6/h7H,1-5H2. The summed E-state index contributed by atoms with van der Waals surface area (Å²) in [7, 11) is 0. The van der Waals surface area contributed by atoms with Gasteiger partial charge in [-0.3, -0.25) is 0 Å². The van der Waals surface area contributed by atoms with Crippen molar-refractivity contribution in [1.82, 2.24) is 0 Å². The maximum absolute atomic E-state index is 2.69. The topological polar surface area (TPSA) is 0 Å². The molecule has 1 fully saturated rings. The fourth-order valence-electron chi connectivity index (χ4n) is 0.960. The van der Waals surface area contributed by atoms with Crippen LogP contribution in [0, 0.1) is 4.82 Å². The van der Waals surface area contributed by atoms with Crippen LogP contribution in [-0.4, -0.2) is 16.0 Å². The zero-order chi connectivity index (χ0) is 5.11. The summed E-state index contributed by atoms with van der Waals surface area (Å²) in [6, 6.07) is 0. The van der Waals surface area contributed by atoms with Crippen LogP contribution in [-0.2, 0) is 0 Å². The first-order valence-corrected chi connectivity index (χ1v) is 3.87. The van der Waals surface area contributed by atoms with Gasteiger partial charge in [0.15, 0.2) is 0 Å². The van der Waals surface area contributed by atoms with E-state index in [0.717, 1.165) is 0 Å². The van der Waals surface area contributed by atoms with E-state index in [4.69, 9.17) is 0 Å². The van der Waals surface area contributed by atoms with Crippen LogP contribution in [0.25, 0.3) is 0 Å². The molecule has 0 heterocycles. The Morgan fingerprint density at radius 2 is 1.57 bits per heavy atom. The van der Waals surface area contributed by atoms with Gasteiger partial charge in [0.2, 0.25) is 0 Å². The molecule has 0 nitrogen and oxygen atoms in total. The fraction of sp³-hybridized carbons (Fsp3) is 0.833. The molecule has 41 valence electrons. The average molecular weight is 162 g/mol. The summed E-state index contributed by atoms with van der Waals surface area (Å²) in [6.07, 6.45) is 7.08. The van der Waals surface area contributed by atoms with Gasteiger partial charge in [-0.1, -0.05) is 0 Å². The Balaban J connectivity index is 2.12. The molecule has 0 aromatic carbocycles. The molecular weight excluding hydrogens is 151 g/mol.